The van der Waals surface area contributed by atoms with E-state index in [-0.39, 0.29) is 6.04 Å². The van der Waals surface area contributed by atoms with Gasteiger partial charge in [-0.05, 0) is 32.2 Å². The van der Waals surface area contributed by atoms with Gasteiger partial charge in [-0.2, -0.15) is 0 Å². The topological polar surface area (TPSA) is 51.0 Å². The minimum atomic E-state index is 0.167. The predicted molar refractivity (Wildman–Crippen MR) is 52.8 cm³/mol. The molecule has 1 aromatic rings. The van der Waals surface area contributed by atoms with Crippen molar-refractivity contribution >= 4 is 0 Å². The quantitative estimate of drug-likeness (QED) is 0.776. The fraction of sp³-hybridized carbons (Fsp3) is 0.800. The lowest BCUT2D eigenvalue weighted by atomic mass is 10.3. The lowest BCUT2D eigenvalue weighted by Crippen LogP contribution is -2.17. The van der Waals surface area contributed by atoms with E-state index < -0.39 is 0 Å². The Morgan fingerprint density at radius 2 is 2.29 bits per heavy atom. The first-order valence-corrected chi connectivity index (χ1v) is 5.35. The van der Waals surface area contributed by atoms with E-state index in [0.29, 0.717) is 5.89 Å². The average molecular weight is 195 g/mol. The highest BCUT2D eigenvalue weighted by Gasteiger charge is 2.24. The lowest BCUT2D eigenvalue weighted by molar-refractivity contribution is 0.392. The van der Waals surface area contributed by atoms with Crippen molar-refractivity contribution in [1.29, 1.82) is 0 Å². The number of hydrogen-bond acceptors (Lipinski definition) is 4. The monoisotopic (exact) mass is 195 g/mol. The van der Waals surface area contributed by atoms with Crippen molar-refractivity contribution in [2.24, 2.45) is 5.92 Å². The molecule has 0 amide bonds. The fourth-order valence-electron chi connectivity index (χ4n) is 1.49. The summed E-state index contributed by atoms with van der Waals surface area (Å²) in [7, 11) is 0. The lowest BCUT2D eigenvalue weighted by Gasteiger charge is -2.05. The van der Waals surface area contributed by atoms with Crippen LogP contribution in [-0.4, -0.2) is 16.7 Å². The minimum Gasteiger partial charge on any atom is -0.424 e. The molecule has 0 aliphatic heterocycles. The van der Waals surface area contributed by atoms with Crippen molar-refractivity contribution < 1.29 is 4.42 Å². The molecule has 1 unspecified atom stereocenters. The van der Waals surface area contributed by atoms with Crippen LogP contribution in [0.2, 0.25) is 0 Å². The maximum absolute atomic E-state index is 5.56. The third-order valence-electron chi connectivity index (χ3n) is 2.52. The smallest absolute Gasteiger partial charge is 0.233 e. The molecule has 78 valence electrons. The van der Waals surface area contributed by atoms with E-state index in [9.17, 15) is 0 Å². The predicted octanol–water partition coefficient (Wildman–Crippen LogP) is 1.69. The molecule has 0 aromatic carbocycles. The van der Waals surface area contributed by atoms with Crippen molar-refractivity contribution in [3.05, 3.63) is 11.8 Å². The van der Waals surface area contributed by atoms with E-state index in [1.54, 1.807) is 0 Å². The summed E-state index contributed by atoms with van der Waals surface area (Å²) in [6, 6.07) is 0.167. The van der Waals surface area contributed by atoms with Crippen LogP contribution in [0.3, 0.4) is 0 Å². The summed E-state index contributed by atoms with van der Waals surface area (Å²) >= 11 is 0. The number of nitrogens with one attached hydrogen (secondary N) is 1. The molecule has 1 fully saturated rings. The molecule has 0 saturated heterocycles. The molecule has 4 heteroatoms. The minimum absolute atomic E-state index is 0.167. The van der Waals surface area contributed by atoms with Crippen molar-refractivity contribution in [2.45, 2.75) is 39.2 Å². The Kier molecular flexibility index (Phi) is 2.82. The van der Waals surface area contributed by atoms with Gasteiger partial charge in [0.1, 0.15) is 0 Å². The standard InChI is InChI=1S/C10H17N3O/c1-3-11-7(2)10-13-12-9(14-10)6-8-4-5-8/h7-8,11H,3-6H2,1-2H3. The van der Waals surface area contributed by atoms with E-state index in [1.165, 1.54) is 12.8 Å². The molecular formula is C10H17N3O. The second-order valence-corrected chi connectivity index (χ2v) is 3.96. The van der Waals surface area contributed by atoms with Crippen LogP contribution in [0.1, 0.15) is 44.5 Å². The van der Waals surface area contributed by atoms with Crippen molar-refractivity contribution in [1.82, 2.24) is 15.5 Å². The van der Waals surface area contributed by atoms with Gasteiger partial charge in [-0.3, -0.25) is 0 Å². The first kappa shape index (κ1) is 9.65. The van der Waals surface area contributed by atoms with Gasteiger partial charge >= 0.3 is 0 Å². The Bertz CT molecular complexity index is 293. The Hall–Kier alpha value is -0.900. The summed E-state index contributed by atoms with van der Waals surface area (Å²) in [5, 5.41) is 11.3. The number of aromatic nitrogens is 2. The molecule has 1 N–H and O–H groups in total. The Labute approximate surface area is 84.1 Å². The highest BCUT2D eigenvalue weighted by Crippen LogP contribution is 2.32. The zero-order valence-corrected chi connectivity index (χ0v) is 8.79. The second-order valence-electron chi connectivity index (χ2n) is 3.96. The molecule has 14 heavy (non-hydrogen) atoms. The normalized spacial score (nSPS) is 18.4. The van der Waals surface area contributed by atoms with Gasteiger partial charge in [0.05, 0.1) is 6.04 Å². The maximum Gasteiger partial charge on any atom is 0.233 e. The summed E-state index contributed by atoms with van der Waals surface area (Å²) in [4.78, 5) is 0. The van der Waals surface area contributed by atoms with E-state index >= 15 is 0 Å². The van der Waals surface area contributed by atoms with E-state index in [4.69, 9.17) is 4.42 Å². The van der Waals surface area contributed by atoms with Gasteiger partial charge in [-0.25, -0.2) is 0 Å². The van der Waals surface area contributed by atoms with Crippen LogP contribution in [0.4, 0.5) is 0 Å². The summed E-state index contributed by atoms with van der Waals surface area (Å²) in [6.45, 7) is 5.03. The van der Waals surface area contributed by atoms with E-state index in [1.807, 2.05) is 6.92 Å². The second kappa shape index (κ2) is 4.09. The summed E-state index contributed by atoms with van der Waals surface area (Å²) < 4.78 is 5.56. The molecule has 1 aliphatic rings. The van der Waals surface area contributed by atoms with Gasteiger partial charge in [0, 0.05) is 6.42 Å². The van der Waals surface area contributed by atoms with Crippen LogP contribution in [0, 0.1) is 5.92 Å². The molecule has 1 saturated carbocycles. The molecule has 0 spiro atoms. The van der Waals surface area contributed by atoms with E-state index in [2.05, 4.69) is 22.4 Å². The van der Waals surface area contributed by atoms with Gasteiger partial charge in [0.2, 0.25) is 11.8 Å². The van der Waals surface area contributed by atoms with Gasteiger partial charge < -0.3 is 9.73 Å². The van der Waals surface area contributed by atoms with E-state index in [0.717, 1.165) is 24.8 Å². The molecule has 4 nitrogen and oxygen atoms in total. The average Bonchev–Trinajstić information content (AvgIpc) is 2.82. The number of rotatable bonds is 5. The van der Waals surface area contributed by atoms with Gasteiger partial charge in [-0.1, -0.05) is 6.92 Å². The summed E-state index contributed by atoms with van der Waals surface area (Å²) in [5.41, 5.74) is 0. The van der Waals surface area contributed by atoms with Crippen LogP contribution in [0.15, 0.2) is 4.42 Å². The molecule has 1 aliphatic carbocycles. The number of nitrogens with zero attached hydrogens (tertiary/aromatic N) is 2. The zero-order valence-electron chi connectivity index (χ0n) is 8.79. The van der Waals surface area contributed by atoms with Gasteiger partial charge in [0.25, 0.3) is 0 Å². The highest BCUT2D eigenvalue weighted by atomic mass is 16.4. The molecule has 1 aromatic heterocycles. The van der Waals surface area contributed by atoms with Crippen molar-refractivity contribution in [2.75, 3.05) is 6.54 Å². The van der Waals surface area contributed by atoms with Crippen LogP contribution in [0.25, 0.3) is 0 Å². The maximum atomic E-state index is 5.56. The SMILES string of the molecule is CCNC(C)c1nnc(CC2CC2)o1. The largest absolute Gasteiger partial charge is 0.424 e. The first-order chi connectivity index (χ1) is 6.79. The zero-order chi connectivity index (χ0) is 9.97. The molecule has 1 heterocycles. The van der Waals surface area contributed by atoms with Crippen LogP contribution in [0.5, 0.6) is 0 Å². The summed E-state index contributed by atoms with van der Waals surface area (Å²) in [6.07, 6.45) is 3.60. The molecule has 1 atom stereocenters. The third-order valence-corrected chi connectivity index (χ3v) is 2.52. The number of hydrogen-bond donors (Lipinski definition) is 1. The van der Waals surface area contributed by atoms with Gasteiger partial charge in [0.15, 0.2) is 0 Å². The van der Waals surface area contributed by atoms with Crippen molar-refractivity contribution in [3.8, 4) is 0 Å². The Morgan fingerprint density at radius 1 is 1.50 bits per heavy atom. The first-order valence-electron chi connectivity index (χ1n) is 5.35. The fourth-order valence-corrected chi connectivity index (χ4v) is 1.49. The molecule has 2 rings (SSSR count). The Balaban J connectivity index is 1.93. The molecule has 0 radical (unpaired) electrons. The Morgan fingerprint density at radius 3 is 2.93 bits per heavy atom. The van der Waals surface area contributed by atoms with Crippen LogP contribution in [-0.2, 0) is 6.42 Å². The van der Waals surface area contributed by atoms with Crippen molar-refractivity contribution in [3.63, 3.8) is 0 Å². The van der Waals surface area contributed by atoms with Crippen LogP contribution < -0.4 is 5.32 Å². The third kappa shape index (κ3) is 2.32. The van der Waals surface area contributed by atoms with Gasteiger partial charge in [-0.15, -0.1) is 10.2 Å². The highest BCUT2D eigenvalue weighted by molar-refractivity contribution is 4.91. The molecular weight excluding hydrogens is 178 g/mol. The molecule has 0 bridgehead atoms. The van der Waals surface area contributed by atoms with Crippen LogP contribution >= 0.6 is 0 Å². The summed E-state index contributed by atoms with van der Waals surface area (Å²) in [5.74, 6) is 2.31.